The normalized spacial score (nSPS) is 17.2. The fraction of sp³-hybridized carbons (Fsp3) is 0.412. The standard InChI is InChI=1S/C17H18F2N6O2S/c18-15(19)14-12(8-25(24-14)7-11-3-1-2-4-27-11)22-16(26)13-9-28-17(23-13)10-5-20-21-6-10/h5-6,8-9,11,15H,1-4,7H2,(H,20,21)(H,22,26). The number of aromatic amines is 1. The van der Waals surface area contributed by atoms with Crippen LogP contribution in [0, 0.1) is 0 Å². The molecule has 0 aromatic carbocycles. The quantitative estimate of drug-likeness (QED) is 0.651. The summed E-state index contributed by atoms with van der Waals surface area (Å²) in [6, 6.07) is 0. The highest BCUT2D eigenvalue weighted by Crippen LogP contribution is 2.28. The lowest BCUT2D eigenvalue weighted by molar-refractivity contribution is 0.00369. The summed E-state index contributed by atoms with van der Waals surface area (Å²) >= 11 is 1.27. The second kappa shape index (κ2) is 8.15. The summed E-state index contributed by atoms with van der Waals surface area (Å²) in [6.45, 7) is 1.04. The third-order valence-corrected chi connectivity index (χ3v) is 5.28. The van der Waals surface area contributed by atoms with Crippen LogP contribution in [-0.2, 0) is 11.3 Å². The third kappa shape index (κ3) is 4.09. The molecule has 1 aliphatic heterocycles. The summed E-state index contributed by atoms with van der Waals surface area (Å²) in [4.78, 5) is 16.7. The molecular formula is C17H18F2N6O2S. The van der Waals surface area contributed by atoms with Crippen molar-refractivity contribution < 1.29 is 18.3 Å². The van der Waals surface area contributed by atoms with E-state index in [4.69, 9.17) is 4.74 Å². The minimum Gasteiger partial charge on any atom is -0.376 e. The number of carbonyl (C=O) groups is 1. The van der Waals surface area contributed by atoms with Crippen molar-refractivity contribution in [3.63, 3.8) is 0 Å². The first kappa shape index (κ1) is 18.7. The number of hydrogen-bond donors (Lipinski definition) is 2. The molecule has 1 fully saturated rings. The molecule has 4 heterocycles. The molecule has 1 unspecified atom stereocenters. The average Bonchev–Trinajstić information content (AvgIpc) is 3.43. The number of aromatic nitrogens is 5. The number of nitrogens with one attached hydrogen (secondary N) is 2. The molecule has 3 aromatic rings. The van der Waals surface area contributed by atoms with E-state index in [0.29, 0.717) is 18.2 Å². The molecule has 2 N–H and O–H groups in total. The van der Waals surface area contributed by atoms with E-state index in [2.05, 4.69) is 25.6 Å². The number of amides is 1. The number of thiazole rings is 1. The first-order valence-electron chi connectivity index (χ1n) is 8.83. The summed E-state index contributed by atoms with van der Waals surface area (Å²) in [5, 5.41) is 15.1. The lowest BCUT2D eigenvalue weighted by Crippen LogP contribution is -2.24. The Morgan fingerprint density at radius 1 is 1.46 bits per heavy atom. The fourth-order valence-electron chi connectivity index (χ4n) is 3.01. The average molecular weight is 408 g/mol. The first-order valence-corrected chi connectivity index (χ1v) is 9.71. The molecule has 0 spiro atoms. The summed E-state index contributed by atoms with van der Waals surface area (Å²) in [5.74, 6) is -0.568. The lowest BCUT2D eigenvalue weighted by atomic mass is 10.1. The molecule has 11 heteroatoms. The van der Waals surface area contributed by atoms with Gasteiger partial charge in [0, 0.05) is 29.9 Å². The van der Waals surface area contributed by atoms with Crippen LogP contribution in [0.3, 0.4) is 0 Å². The van der Waals surface area contributed by atoms with Crippen LogP contribution < -0.4 is 5.32 Å². The van der Waals surface area contributed by atoms with Crippen molar-refractivity contribution in [2.45, 2.75) is 38.3 Å². The molecule has 148 valence electrons. The number of alkyl halides is 2. The maximum absolute atomic E-state index is 13.4. The summed E-state index contributed by atoms with van der Waals surface area (Å²) in [5.41, 5.74) is 0.408. The van der Waals surface area contributed by atoms with E-state index in [1.54, 1.807) is 17.8 Å². The molecule has 0 saturated carbocycles. The summed E-state index contributed by atoms with van der Waals surface area (Å²) in [7, 11) is 0. The van der Waals surface area contributed by atoms with Crippen LogP contribution in [0.1, 0.15) is 41.9 Å². The molecule has 0 bridgehead atoms. The van der Waals surface area contributed by atoms with Crippen molar-refractivity contribution in [3.8, 4) is 10.6 Å². The molecule has 4 rings (SSSR count). The molecule has 0 radical (unpaired) electrons. The number of rotatable bonds is 6. The van der Waals surface area contributed by atoms with E-state index in [1.165, 1.54) is 22.2 Å². The van der Waals surface area contributed by atoms with Gasteiger partial charge in [0.25, 0.3) is 12.3 Å². The van der Waals surface area contributed by atoms with E-state index in [0.717, 1.165) is 24.8 Å². The van der Waals surface area contributed by atoms with E-state index >= 15 is 0 Å². The zero-order valence-corrected chi connectivity index (χ0v) is 15.6. The van der Waals surface area contributed by atoms with E-state index in [-0.39, 0.29) is 17.5 Å². The van der Waals surface area contributed by atoms with Crippen LogP contribution in [0.5, 0.6) is 0 Å². The number of carbonyl (C=O) groups excluding carboxylic acids is 1. The van der Waals surface area contributed by atoms with Crippen molar-refractivity contribution in [2.75, 3.05) is 11.9 Å². The van der Waals surface area contributed by atoms with E-state index in [1.807, 2.05) is 0 Å². The highest BCUT2D eigenvalue weighted by molar-refractivity contribution is 7.13. The van der Waals surface area contributed by atoms with Crippen LogP contribution in [0.2, 0.25) is 0 Å². The molecule has 3 aromatic heterocycles. The molecule has 1 saturated heterocycles. The first-order chi connectivity index (χ1) is 13.6. The zero-order valence-electron chi connectivity index (χ0n) is 14.8. The number of hydrogen-bond acceptors (Lipinski definition) is 6. The minimum atomic E-state index is -2.80. The van der Waals surface area contributed by atoms with Gasteiger partial charge < -0.3 is 10.1 Å². The second-order valence-corrected chi connectivity index (χ2v) is 7.28. The fourth-order valence-corrected chi connectivity index (χ4v) is 3.79. The maximum Gasteiger partial charge on any atom is 0.284 e. The Hall–Kier alpha value is -2.66. The van der Waals surface area contributed by atoms with Crippen LogP contribution in [0.4, 0.5) is 14.5 Å². The molecule has 8 nitrogen and oxygen atoms in total. The predicted octanol–water partition coefficient (Wildman–Crippen LogP) is 3.49. The maximum atomic E-state index is 13.4. The van der Waals surface area contributed by atoms with Gasteiger partial charge >= 0.3 is 0 Å². The number of H-pyrrole nitrogens is 1. The van der Waals surface area contributed by atoms with Gasteiger partial charge in [-0.3, -0.25) is 14.6 Å². The SMILES string of the molecule is O=C(Nc1cn(CC2CCCCO2)nc1C(F)F)c1csc(-c2cn[nH]c2)n1. The number of anilines is 1. The highest BCUT2D eigenvalue weighted by Gasteiger charge is 2.23. The second-order valence-electron chi connectivity index (χ2n) is 6.42. The number of nitrogens with zero attached hydrogens (tertiary/aromatic N) is 4. The van der Waals surface area contributed by atoms with Crippen LogP contribution in [0.15, 0.2) is 24.0 Å². The van der Waals surface area contributed by atoms with Gasteiger partial charge in [0.1, 0.15) is 10.7 Å². The predicted molar refractivity (Wildman–Crippen MR) is 98.4 cm³/mol. The Kier molecular flexibility index (Phi) is 5.44. The van der Waals surface area contributed by atoms with Gasteiger partial charge in [-0.05, 0) is 19.3 Å². The third-order valence-electron chi connectivity index (χ3n) is 4.39. The number of ether oxygens (including phenoxy) is 1. The van der Waals surface area contributed by atoms with Crippen molar-refractivity contribution in [3.05, 3.63) is 35.4 Å². The molecule has 0 aliphatic carbocycles. The van der Waals surface area contributed by atoms with Gasteiger partial charge in [-0.25, -0.2) is 13.8 Å². The van der Waals surface area contributed by atoms with Gasteiger partial charge in [0.05, 0.1) is 24.5 Å². The smallest absolute Gasteiger partial charge is 0.284 e. The van der Waals surface area contributed by atoms with Crippen LogP contribution in [-0.4, -0.2) is 43.6 Å². The molecule has 1 aliphatic rings. The topological polar surface area (TPSA) is 97.7 Å². The largest absolute Gasteiger partial charge is 0.376 e. The molecule has 1 atom stereocenters. The van der Waals surface area contributed by atoms with Crippen molar-refractivity contribution >= 4 is 22.9 Å². The van der Waals surface area contributed by atoms with Gasteiger partial charge in [-0.15, -0.1) is 11.3 Å². The minimum absolute atomic E-state index is 0.0197. The molecular weight excluding hydrogens is 390 g/mol. The lowest BCUT2D eigenvalue weighted by Gasteiger charge is -2.22. The Labute approximate surface area is 162 Å². The van der Waals surface area contributed by atoms with Gasteiger partial charge in [0.2, 0.25) is 0 Å². The Bertz CT molecular complexity index is 934. The number of halogens is 2. The van der Waals surface area contributed by atoms with E-state index < -0.39 is 18.0 Å². The van der Waals surface area contributed by atoms with Crippen molar-refractivity contribution in [1.82, 2.24) is 25.0 Å². The van der Waals surface area contributed by atoms with Crippen molar-refractivity contribution in [2.24, 2.45) is 0 Å². The van der Waals surface area contributed by atoms with E-state index in [9.17, 15) is 13.6 Å². The Morgan fingerprint density at radius 2 is 2.36 bits per heavy atom. The monoisotopic (exact) mass is 408 g/mol. The summed E-state index contributed by atoms with van der Waals surface area (Å²) < 4.78 is 33.8. The van der Waals surface area contributed by atoms with Gasteiger partial charge in [0.15, 0.2) is 5.69 Å². The Morgan fingerprint density at radius 3 is 3.07 bits per heavy atom. The highest BCUT2D eigenvalue weighted by atomic mass is 32.1. The zero-order chi connectivity index (χ0) is 19.5. The van der Waals surface area contributed by atoms with Gasteiger partial charge in [-0.2, -0.15) is 10.2 Å². The Balaban J connectivity index is 1.49. The van der Waals surface area contributed by atoms with Crippen molar-refractivity contribution in [1.29, 1.82) is 0 Å². The molecule has 28 heavy (non-hydrogen) atoms. The molecule has 1 amide bonds. The van der Waals surface area contributed by atoms with Crippen LogP contribution in [0.25, 0.3) is 10.6 Å². The van der Waals surface area contributed by atoms with Crippen LogP contribution >= 0.6 is 11.3 Å². The summed E-state index contributed by atoms with van der Waals surface area (Å²) in [6.07, 6.45) is 4.72. The van der Waals surface area contributed by atoms with Gasteiger partial charge in [-0.1, -0.05) is 0 Å².